The molecule has 0 aromatic carbocycles. The topological polar surface area (TPSA) is 79.5 Å². The Kier molecular flexibility index (Phi) is 4.01. The first kappa shape index (κ1) is 16.8. The van der Waals surface area contributed by atoms with E-state index in [0.29, 0.717) is 37.6 Å². The lowest BCUT2D eigenvalue weighted by molar-refractivity contribution is -0.137. The van der Waals surface area contributed by atoms with Crippen LogP contribution in [0.4, 0.5) is 0 Å². The van der Waals surface area contributed by atoms with Gasteiger partial charge in [0.05, 0.1) is 5.41 Å². The van der Waals surface area contributed by atoms with Crippen molar-refractivity contribution in [2.45, 2.75) is 26.8 Å². The molecule has 7 nitrogen and oxygen atoms in total. The summed E-state index contributed by atoms with van der Waals surface area (Å²) >= 11 is 0. The van der Waals surface area contributed by atoms with Crippen molar-refractivity contribution in [3.63, 3.8) is 0 Å². The molecule has 26 heavy (non-hydrogen) atoms. The molecule has 2 aliphatic rings. The van der Waals surface area contributed by atoms with Crippen molar-refractivity contribution in [2.24, 2.45) is 11.3 Å². The number of hydrogen-bond acceptors (Lipinski definition) is 5. The van der Waals surface area contributed by atoms with Gasteiger partial charge in [0.15, 0.2) is 5.69 Å². The SMILES string of the molecule is Cc1cc(C(=O)N2C[C@@H](C)[C@@]3(CCN(Cc4cccnc4)C3=O)C2)no1. The van der Waals surface area contributed by atoms with E-state index in [0.717, 1.165) is 12.0 Å². The highest BCUT2D eigenvalue weighted by Gasteiger charge is 2.56. The fourth-order valence-corrected chi connectivity index (χ4v) is 4.17. The van der Waals surface area contributed by atoms with Gasteiger partial charge in [-0.25, -0.2) is 0 Å². The minimum atomic E-state index is -0.489. The van der Waals surface area contributed by atoms with Gasteiger partial charge in [-0.3, -0.25) is 14.6 Å². The van der Waals surface area contributed by atoms with Gasteiger partial charge in [0.2, 0.25) is 5.91 Å². The fourth-order valence-electron chi connectivity index (χ4n) is 4.17. The summed E-state index contributed by atoms with van der Waals surface area (Å²) < 4.78 is 5.02. The summed E-state index contributed by atoms with van der Waals surface area (Å²) in [6, 6.07) is 5.50. The van der Waals surface area contributed by atoms with E-state index in [1.165, 1.54) is 0 Å². The van der Waals surface area contributed by atoms with Gasteiger partial charge in [-0.1, -0.05) is 18.1 Å². The summed E-state index contributed by atoms with van der Waals surface area (Å²) in [5.74, 6) is 0.699. The Morgan fingerprint density at radius 3 is 3.00 bits per heavy atom. The third-order valence-electron chi connectivity index (χ3n) is 5.68. The molecule has 0 radical (unpaired) electrons. The smallest absolute Gasteiger partial charge is 0.276 e. The number of aromatic nitrogens is 2. The Bertz CT molecular complexity index is 834. The van der Waals surface area contributed by atoms with Crippen LogP contribution in [0.2, 0.25) is 0 Å². The van der Waals surface area contributed by atoms with Gasteiger partial charge in [-0.2, -0.15) is 0 Å². The van der Waals surface area contributed by atoms with Crippen LogP contribution in [0, 0.1) is 18.3 Å². The number of nitrogens with zero attached hydrogens (tertiary/aromatic N) is 4. The van der Waals surface area contributed by atoms with Crippen molar-refractivity contribution in [1.82, 2.24) is 19.9 Å². The van der Waals surface area contributed by atoms with Gasteiger partial charge in [-0.05, 0) is 30.9 Å². The molecule has 136 valence electrons. The van der Waals surface area contributed by atoms with Gasteiger partial charge in [-0.15, -0.1) is 0 Å². The predicted octanol–water partition coefficient (Wildman–Crippen LogP) is 1.89. The molecule has 4 heterocycles. The number of hydrogen-bond donors (Lipinski definition) is 0. The lowest BCUT2D eigenvalue weighted by Gasteiger charge is -2.26. The number of amides is 2. The molecule has 0 aliphatic carbocycles. The molecule has 0 saturated carbocycles. The first-order valence-electron chi connectivity index (χ1n) is 8.90. The van der Waals surface area contributed by atoms with E-state index in [-0.39, 0.29) is 17.7 Å². The van der Waals surface area contributed by atoms with E-state index in [1.807, 2.05) is 17.0 Å². The Morgan fingerprint density at radius 2 is 2.31 bits per heavy atom. The third kappa shape index (κ3) is 2.67. The molecule has 2 fully saturated rings. The highest BCUT2D eigenvalue weighted by atomic mass is 16.5. The number of rotatable bonds is 3. The second-order valence-electron chi connectivity index (χ2n) is 7.40. The molecule has 2 aliphatic heterocycles. The number of carbonyl (C=O) groups is 2. The number of aryl methyl sites for hydroxylation is 1. The number of carbonyl (C=O) groups excluding carboxylic acids is 2. The van der Waals surface area contributed by atoms with Gasteiger partial charge in [0.25, 0.3) is 5.91 Å². The van der Waals surface area contributed by atoms with Crippen LogP contribution in [0.25, 0.3) is 0 Å². The van der Waals surface area contributed by atoms with Crippen LogP contribution < -0.4 is 0 Å². The average Bonchev–Trinajstić information content (AvgIpc) is 3.30. The average molecular weight is 354 g/mol. The molecule has 4 rings (SSSR count). The molecule has 2 saturated heterocycles. The van der Waals surface area contributed by atoms with Crippen molar-refractivity contribution in [1.29, 1.82) is 0 Å². The third-order valence-corrected chi connectivity index (χ3v) is 5.68. The maximum atomic E-state index is 13.2. The van der Waals surface area contributed by atoms with E-state index < -0.39 is 5.41 Å². The molecule has 0 bridgehead atoms. The van der Waals surface area contributed by atoms with Crippen LogP contribution in [-0.4, -0.2) is 51.4 Å². The monoisotopic (exact) mass is 354 g/mol. The summed E-state index contributed by atoms with van der Waals surface area (Å²) in [7, 11) is 0. The zero-order valence-corrected chi connectivity index (χ0v) is 15.0. The molecule has 7 heteroatoms. The van der Waals surface area contributed by atoms with E-state index in [1.54, 1.807) is 30.3 Å². The molecule has 2 amide bonds. The van der Waals surface area contributed by atoms with Crippen molar-refractivity contribution in [2.75, 3.05) is 19.6 Å². The van der Waals surface area contributed by atoms with Crippen molar-refractivity contribution in [3.8, 4) is 0 Å². The first-order valence-corrected chi connectivity index (χ1v) is 8.90. The van der Waals surface area contributed by atoms with Crippen LogP contribution in [0.15, 0.2) is 35.1 Å². The summed E-state index contributed by atoms with van der Waals surface area (Å²) in [5, 5.41) is 3.82. The zero-order valence-electron chi connectivity index (χ0n) is 15.0. The van der Waals surface area contributed by atoms with Gasteiger partial charge in [0.1, 0.15) is 5.76 Å². The summed E-state index contributed by atoms with van der Waals surface area (Å²) in [6.45, 7) is 6.11. The standard InChI is InChI=1S/C19H22N4O3/c1-13-10-23(17(24)16-8-14(2)26-21-16)12-19(13)5-7-22(18(19)25)11-15-4-3-6-20-9-15/h3-4,6,8-9,13H,5,7,10-12H2,1-2H3/t13-,19-/m1/s1. The van der Waals surface area contributed by atoms with Crippen molar-refractivity contribution < 1.29 is 14.1 Å². The summed E-state index contributed by atoms with van der Waals surface area (Å²) in [6.07, 6.45) is 4.29. The van der Waals surface area contributed by atoms with Gasteiger partial charge in [0, 0.05) is 44.6 Å². The predicted molar refractivity (Wildman–Crippen MR) is 93.0 cm³/mol. The molecule has 0 N–H and O–H groups in total. The van der Waals surface area contributed by atoms with Crippen LogP contribution in [-0.2, 0) is 11.3 Å². The van der Waals surface area contributed by atoms with Gasteiger partial charge >= 0.3 is 0 Å². The Balaban J connectivity index is 1.50. The maximum absolute atomic E-state index is 13.2. The Morgan fingerprint density at radius 1 is 1.46 bits per heavy atom. The second kappa shape index (κ2) is 6.23. The van der Waals surface area contributed by atoms with E-state index in [9.17, 15) is 9.59 Å². The first-order chi connectivity index (χ1) is 12.5. The minimum Gasteiger partial charge on any atom is -0.361 e. The highest BCUT2D eigenvalue weighted by Crippen LogP contribution is 2.45. The van der Waals surface area contributed by atoms with Crippen LogP contribution in [0.3, 0.4) is 0 Å². The molecule has 2 aromatic heterocycles. The summed E-state index contributed by atoms with van der Waals surface area (Å²) in [5.41, 5.74) is 0.843. The fraction of sp³-hybridized carbons (Fsp3) is 0.474. The van der Waals surface area contributed by atoms with E-state index in [2.05, 4.69) is 17.1 Å². The number of pyridine rings is 1. The van der Waals surface area contributed by atoms with Crippen molar-refractivity contribution in [3.05, 3.63) is 47.6 Å². The highest BCUT2D eigenvalue weighted by molar-refractivity contribution is 5.94. The molecule has 2 atom stereocenters. The number of likely N-dealkylation sites (tertiary alicyclic amines) is 2. The van der Waals surface area contributed by atoms with E-state index in [4.69, 9.17) is 4.52 Å². The normalized spacial score (nSPS) is 25.5. The Hall–Kier alpha value is -2.70. The summed E-state index contributed by atoms with van der Waals surface area (Å²) in [4.78, 5) is 33.6. The van der Waals surface area contributed by atoms with Crippen molar-refractivity contribution >= 4 is 11.8 Å². The van der Waals surface area contributed by atoms with Gasteiger partial charge < -0.3 is 14.3 Å². The van der Waals surface area contributed by atoms with Crippen LogP contribution in [0.5, 0.6) is 0 Å². The molecular weight excluding hydrogens is 332 g/mol. The maximum Gasteiger partial charge on any atom is 0.276 e. The molecule has 2 aromatic rings. The van der Waals surface area contributed by atoms with Crippen LogP contribution >= 0.6 is 0 Å². The largest absolute Gasteiger partial charge is 0.361 e. The molecule has 1 spiro atoms. The zero-order chi connectivity index (χ0) is 18.3. The lowest BCUT2D eigenvalue weighted by Crippen LogP contribution is -2.40. The Labute approximate surface area is 152 Å². The van der Waals surface area contributed by atoms with E-state index >= 15 is 0 Å². The van der Waals surface area contributed by atoms with Crippen LogP contribution in [0.1, 0.15) is 35.2 Å². The quantitative estimate of drug-likeness (QED) is 0.841. The molecular formula is C19H22N4O3. The lowest BCUT2D eigenvalue weighted by atomic mass is 9.78. The molecule has 0 unspecified atom stereocenters. The second-order valence-corrected chi connectivity index (χ2v) is 7.40. The minimum absolute atomic E-state index is 0.117.